The van der Waals surface area contributed by atoms with E-state index in [1.54, 1.807) is 0 Å². The van der Waals surface area contributed by atoms with E-state index in [2.05, 4.69) is 11.4 Å². The molecule has 1 unspecified atom stereocenters. The molecule has 1 aromatic carbocycles. The lowest BCUT2D eigenvalue weighted by atomic mass is 9.97. The average Bonchev–Trinajstić information content (AvgIpc) is 2.47. The molecule has 0 spiro atoms. The highest BCUT2D eigenvalue weighted by Crippen LogP contribution is 2.19. The molecule has 2 nitrogen and oxygen atoms in total. The molecule has 0 aromatic heterocycles. The summed E-state index contributed by atoms with van der Waals surface area (Å²) in [6.45, 7) is 1.14. The zero-order valence-electron chi connectivity index (χ0n) is 11.5. The van der Waals surface area contributed by atoms with Crippen LogP contribution in [0.4, 0.5) is 8.78 Å². The Morgan fingerprint density at radius 3 is 2.75 bits per heavy atom. The van der Waals surface area contributed by atoms with Gasteiger partial charge in [-0.05, 0) is 56.3 Å². The van der Waals surface area contributed by atoms with Crippen molar-refractivity contribution in [1.82, 2.24) is 5.32 Å². The number of halogens is 2. The van der Waals surface area contributed by atoms with Gasteiger partial charge in [0, 0.05) is 6.54 Å². The monoisotopic (exact) mass is 281 g/mol. The maximum Gasteiger partial charge on any atom is 0.159 e. The Kier molecular flexibility index (Phi) is 5.68. The van der Waals surface area contributed by atoms with Gasteiger partial charge in [0.25, 0.3) is 0 Å². The van der Waals surface area contributed by atoms with Gasteiger partial charge in [-0.15, -0.1) is 0 Å². The maximum atomic E-state index is 13.1. The van der Waals surface area contributed by atoms with Gasteiger partial charge in [-0.3, -0.25) is 0 Å². The number of rotatable bonds is 6. The molecule has 0 heterocycles. The summed E-state index contributed by atoms with van der Waals surface area (Å²) in [7, 11) is 0. The van der Waals surface area contributed by atoms with E-state index < -0.39 is 17.7 Å². The predicted molar refractivity (Wildman–Crippen MR) is 75.4 cm³/mol. The van der Waals surface area contributed by atoms with Crippen LogP contribution in [0.25, 0.3) is 0 Å². The molecule has 1 aromatic rings. The van der Waals surface area contributed by atoms with Crippen molar-refractivity contribution >= 4 is 0 Å². The quantitative estimate of drug-likeness (QED) is 0.618. The summed E-state index contributed by atoms with van der Waals surface area (Å²) >= 11 is 0. The number of nitrogens with one attached hydrogen (secondary N) is 1. The van der Waals surface area contributed by atoms with E-state index in [0.29, 0.717) is 12.1 Å². The summed E-state index contributed by atoms with van der Waals surface area (Å²) in [6, 6.07) is 3.50. The molecule has 1 aliphatic rings. The molecule has 0 fully saturated rings. The van der Waals surface area contributed by atoms with Crippen molar-refractivity contribution in [1.29, 1.82) is 0 Å². The summed E-state index contributed by atoms with van der Waals surface area (Å²) in [5.74, 6) is -1.81. The lowest BCUT2D eigenvalue weighted by Crippen LogP contribution is -2.23. The van der Waals surface area contributed by atoms with E-state index in [0.717, 1.165) is 25.1 Å². The van der Waals surface area contributed by atoms with Gasteiger partial charge in [0.2, 0.25) is 0 Å². The number of hydrogen-bond acceptors (Lipinski definition) is 2. The topological polar surface area (TPSA) is 32.3 Å². The molecule has 20 heavy (non-hydrogen) atoms. The second kappa shape index (κ2) is 7.50. The Hall–Kier alpha value is -1.26. The van der Waals surface area contributed by atoms with Crippen molar-refractivity contribution in [2.75, 3.05) is 13.1 Å². The van der Waals surface area contributed by atoms with Crippen LogP contribution < -0.4 is 5.32 Å². The molecular weight excluding hydrogens is 260 g/mol. The van der Waals surface area contributed by atoms with Crippen molar-refractivity contribution in [3.63, 3.8) is 0 Å². The van der Waals surface area contributed by atoms with Crippen LogP contribution in [0.1, 0.15) is 43.8 Å². The molecule has 0 saturated carbocycles. The molecule has 0 saturated heterocycles. The van der Waals surface area contributed by atoms with Crippen LogP contribution in [0, 0.1) is 11.6 Å². The zero-order chi connectivity index (χ0) is 14.4. The standard InChI is InChI=1S/C16H21F2NO/c17-14-7-6-13(10-15(14)18)16(20)11-19-9-8-12-4-2-1-3-5-12/h4,6-7,10,16,19-20H,1-3,5,8-9,11H2. The number of benzene rings is 1. The number of hydrogen-bond donors (Lipinski definition) is 2. The second-order valence-corrected chi connectivity index (χ2v) is 5.25. The van der Waals surface area contributed by atoms with Gasteiger partial charge in [-0.25, -0.2) is 8.78 Å². The predicted octanol–water partition coefficient (Wildman–Crippen LogP) is 3.48. The van der Waals surface area contributed by atoms with E-state index in [-0.39, 0.29) is 0 Å². The van der Waals surface area contributed by atoms with Crippen molar-refractivity contribution < 1.29 is 13.9 Å². The summed E-state index contributed by atoms with van der Waals surface area (Å²) in [4.78, 5) is 0. The van der Waals surface area contributed by atoms with Gasteiger partial charge >= 0.3 is 0 Å². The SMILES string of the molecule is OC(CNCCC1=CCCCC1)c1ccc(F)c(F)c1. The van der Waals surface area contributed by atoms with E-state index in [9.17, 15) is 13.9 Å². The van der Waals surface area contributed by atoms with Gasteiger partial charge in [-0.2, -0.15) is 0 Å². The van der Waals surface area contributed by atoms with E-state index in [4.69, 9.17) is 0 Å². The third-order valence-electron chi connectivity index (χ3n) is 3.67. The summed E-state index contributed by atoms with van der Waals surface area (Å²) < 4.78 is 25.9. The van der Waals surface area contributed by atoms with Crippen LogP contribution in [0.2, 0.25) is 0 Å². The minimum atomic E-state index is -0.922. The number of allylic oxidation sites excluding steroid dienone is 1. The Morgan fingerprint density at radius 1 is 1.20 bits per heavy atom. The Balaban J connectivity index is 1.73. The minimum Gasteiger partial charge on any atom is -0.387 e. The molecule has 110 valence electrons. The van der Waals surface area contributed by atoms with Crippen molar-refractivity contribution in [2.45, 2.75) is 38.2 Å². The molecule has 1 atom stereocenters. The van der Waals surface area contributed by atoms with Crippen LogP contribution in [0.15, 0.2) is 29.8 Å². The Labute approximate surface area is 118 Å². The van der Waals surface area contributed by atoms with Gasteiger partial charge in [-0.1, -0.05) is 17.7 Å². The van der Waals surface area contributed by atoms with Crippen molar-refractivity contribution in [2.24, 2.45) is 0 Å². The third kappa shape index (κ3) is 4.39. The van der Waals surface area contributed by atoms with Crippen LogP contribution in [0.5, 0.6) is 0 Å². The third-order valence-corrected chi connectivity index (χ3v) is 3.67. The van der Waals surface area contributed by atoms with Crippen molar-refractivity contribution in [3.8, 4) is 0 Å². The lowest BCUT2D eigenvalue weighted by Gasteiger charge is -2.15. The molecule has 0 bridgehead atoms. The Bertz CT molecular complexity index is 474. The Morgan fingerprint density at radius 2 is 2.05 bits per heavy atom. The summed E-state index contributed by atoms with van der Waals surface area (Å²) in [6.07, 6.45) is 7.38. The largest absolute Gasteiger partial charge is 0.387 e. The van der Waals surface area contributed by atoms with E-state index >= 15 is 0 Å². The van der Waals surface area contributed by atoms with Gasteiger partial charge in [0.05, 0.1) is 6.10 Å². The van der Waals surface area contributed by atoms with E-state index in [1.165, 1.54) is 37.3 Å². The molecule has 1 aliphatic carbocycles. The van der Waals surface area contributed by atoms with Crippen LogP contribution >= 0.6 is 0 Å². The first-order valence-electron chi connectivity index (χ1n) is 7.18. The van der Waals surface area contributed by atoms with E-state index in [1.807, 2.05) is 0 Å². The molecule has 2 rings (SSSR count). The molecule has 0 aliphatic heterocycles. The van der Waals surface area contributed by atoms with Gasteiger partial charge in [0.15, 0.2) is 11.6 Å². The normalized spacial score (nSPS) is 16.9. The van der Waals surface area contributed by atoms with Crippen LogP contribution in [-0.2, 0) is 0 Å². The first kappa shape index (κ1) is 15.1. The minimum absolute atomic E-state index is 0.346. The highest BCUT2D eigenvalue weighted by Gasteiger charge is 2.10. The van der Waals surface area contributed by atoms with Crippen LogP contribution in [0.3, 0.4) is 0 Å². The second-order valence-electron chi connectivity index (χ2n) is 5.25. The fourth-order valence-corrected chi connectivity index (χ4v) is 2.46. The molecular formula is C16H21F2NO. The average molecular weight is 281 g/mol. The number of aliphatic hydroxyl groups excluding tert-OH is 1. The highest BCUT2D eigenvalue weighted by atomic mass is 19.2. The molecule has 0 radical (unpaired) electrons. The molecule has 2 N–H and O–H groups in total. The molecule has 4 heteroatoms. The maximum absolute atomic E-state index is 13.1. The molecule has 0 amide bonds. The van der Waals surface area contributed by atoms with Gasteiger partial charge < -0.3 is 10.4 Å². The van der Waals surface area contributed by atoms with Gasteiger partial charge in [0.1, 0.15) is 0 Å². The van der Waals surface area contributed by atoms with Crippen molar-refractivity contribution in [3.05, 3.63) is 47.0 Å². The zero-order valence-corrected chi connectivity index (χ0v) is 11.5. The number of aliphatic hydroxyl groups is 1. The lowest BCUT2D eigenvalue weighted by molar-refractivity contribution is 0.174. The smallest absolute Gasteiger partial charge is 0.159 e. The van der Waals surface area contributed by atoms with Crippen LogP contribution in [-0.4, -0.2) is 18.2 Å². The first-order chi connectivity index (χ1) is 9.66. The first-order valence-corrected chi connectivity index (χ1v) is 7.18. The summed E-state index contributed by atoms with van der Waals surface area (Å²) in [5.41, 5.74) is 1.87. The fourth-order valence-electron chi connectivity index (χ4n) is 2.46. The highest BCUT2D eigenvalue weighted by molar-refractivity contribution is 5.20. The fraction of sp³-hybridized carbons (Fsp3) is 0.500. The summed E-state index contributed by atoms with van der Waals surface area (Å²) in [5, 5.41) is 13.1.